The molecule has 0 saturated heterocycles. The Morgan fingerprint density at radius 1 is 1.12 bits per heavy atom. The van der Waals surface area contributed by atoms with E-state index in [1.807, 2.05) is 24.3 Å². The first-order chi connectivity index (χ1) is 12.1. The van der Waals surface area contributed by atoms with Gasteiger partial charge in [-0.3, -0.25) is 4.79 Å². The number of rotatable bonds is 6. The number of carbonyl (C=O) groups excluding carboxylic acids is 1. The van der Waals surface area contributed by atoms with Crippen LogP contribution in [0.1, 0.15) is 21.9 Å². The zero-order valence-electron chi connectivity index (χ0n) is 13.1. The molecule has 0 atom stereocenters. The molecule has 3 aromatic rings. The van der Waals surface area contributed by atoms with Gasteiger partial charge in [0, 0.05) is 10.0 Å². The van der Waals surface area contributed by atoms with Crippen LogP contribution in [0.3, 0.4) is 0 Å². The molecule has 126 valence electrons. The molecule has 0 spiro atoms. The van der Waals surface area contributed by atoms with Gasteiger partial charge in [0.25, 0.3) is 0 Å². The fourth-order valence-corrected chi connectivity index (χ4v) is 2.76. The summed E-state index contributed by atoms with van der Waals surface area (Å²) in [6.45, 7) is 0.261. The second-order valence-corrected chi connectivity index (χ2v) is 6.55. The van der Waals surface area contributed by atoms with E-state index in [4.69, 9.17) is 20.8 Å². The number of benzene rings is 2. The van der Waals surface area contributed by atoms with Crippen LogP contribution in [0, 0.1) is 0 Å². The molecule has 0 radical (unpaired) electrons. The van der Waals surface area contributed by atoms with E-state index in [0.29, 0.717) is 27.9 Å². The van der Waals surface area contributed by atoms with Crippen LogP contribution in [0.4, 0.5) is 0 Å². The number of allylic oxidation sites excluding steroid dienone is 1. The van der Waals surface area contributed by atoms with Crippen molar-refractivity contribution in [1.82, 2.24) is 0 Å². The summed E-state index contributed by atoms with van der Waals surface area (Å²) in [6, 6.07) is 18.1. The Balaban J connectivity index is 1.61. The number of ketones is 1. The number of furan rings is 1. The lowest BCUT2D eigenvalue weighted by Crippen LogP contribution is -1.94. The van der Waals surface area contributed by atoms with Crippen molar-refractivity contribution in [1.29, 1.82) is 0 Å². The number of para-hydroxylation sites is 1. The summed E-state index contributed by atoms with van der Waals surface area (Å²) in [5, 5.41) is 0.550. The number of carbonyl (C=O) groups is 1. The predicted octanol–water partition coefficient (Wildman–Crippen LogP) is 6.17. The molecule has 0 unspecified atom stereocenters. The van der Waals surface area contributed by atoms with E-state index in [-0.39, 0.29) is 12.4 Å². The monoisotopic (exact) mass is 416 g/mol. The van der Waals surface area contributed by atoms with Crippen molar-refractivity contribution in [3.8, 4) is 5.75 Å². The molecule has 0 amide bonds. The molecule has 1 aromatic heterocycles. The van der Waals surface area contributed by atoms with Crippen molar-refractivity contribution in [3.05, 3.63) is 93.3 Å². The molecule has 2 aromatic carbocycles. The van der Waals surface area contributed by atoms with Gasteiger partial charge in [0.2, 0.25) is 0 Å². The molecular weight excluding hydrogens is 404 g/mol. The summed E-state index contributed by atoms with van der Waals surface area (Å²) >= 11 is 9.40. The third-order valence-corrected chi connectivity index (χ3v) is 4.20. The Labute approximate surface area is 159 Å². The van der Waals surface area contributed by atoms with Gasteiger partial charge in [-0.2, -0.15) is 0 Å². The van der Waals surface area contributed by atoms with E-state index in [1.165, 1.54) is 6.08 Å². The van der Waals surface area contributed by atoms with Gasteiger partial charge in [0.1, 0.15) is 23.9 Å². The van der Waals surface area contributed by atoms with Crippen LogP contribution in [0.2, 0.25) is 5.02 Å². The lowest BCUT2D eigenvalue weighted by atomic mass is 10.1. The number of hydrogen-bond donors (Lipinski definition) is 0. The zero-order valence-corrected chi connectivity index (χ0v) is 15.5. The molecule has 5 heteroatoms. The molecule has 3 nitrogen and oxygen atoms in total. The quantitative estimate of drug-likeness (QED) is 0.355. The Morgan fingerprint density at radius 2 is 1.96 bits per heavy atom. The SMILES string of the molecule is O=C(/C=C/c1ccc(COc2ccccc2Cl)o1)c1cccc(Br)c1. The van der Waals surface area contributed by atoms with E-state index < -0.39 is 0 Å². The minimum atomic E-state index is -0.0911. The van der Waals surface area contributed by atoms with Crippen molar-refractivity contribution in [2.75, 3.05) is 0 Å². The smallest absolute Gasteiger partial charge is 0.186 e. The summed E-state index contributed by atoms with van der Waals surface area (Å²) < 4.78 is 12.1. The van der Waals surface area contributed by atoms with Gasteiger partial charge in [-0.15, -0.1) is 0 Å². The fraction of sp³-hybridized carbons (Fsp3) is 0.0500. The molecule has 1 heterocycles. The summed E-state index contributed by atoms with van der Waals surface area (Å²) in [5.74, 6) is 1.74. The van der Waals surface area contributed by atoms with Crippen LogP contribution in [0.5, 0.6) is 5.75 Å². The molecule has 0 aliphatic heterocycles. The average Bonchev–Trinajstić information content (AvgIpc) is 3.07. The fourth-order valence-electron chi connectivity index (χ4n) is 2.17. The standard InChI is InChI=1S/C20H14BrClO3/c21-15-5-3-4-14(12-15)19(23)11-10-16-8-9-17(25-16)13-24-20-7-2-1-6-18(20)22/h1-12H,13H2/b11-10+. The molecule has 0 aliphatic carbocycles. The Morgan fingerprint density at radius 3 is 2.76 bits per heavy atom. The topological polar surface area (TPSA) is 39.4 Å². The average molecular weight is 418 g/mol. The molecule has 3 rings (SSSR count). The summed E-state index contributed by atoms with van der Waals surface area (Å²) in [6.07, 6.45) is 3.13. The molecule has 25 heavy (non-hydrogen) atoms. The van der Waals surface area contributed by atoms with Gasteiger partial charge in [-0.05, 0) is 48.6 Å². The van der Waals surface area contributed by atoms with Crippen molar-refractivity contribution in [3.63, 3.8) is 0 Å². The van der Waals surface area contributed by atoms with Crippen LogP contribution in [0.25, 0.3) is 6.08 Å². The minimum absolute atomic E-state index is 0.0911. The maximum Gasteiger partial charge on any atom is 0.186 e. The first-order valence-corrected chi connectivity index (χ1v) is 8.73. The summed E-state index contributed by atoms with van der Waals surface area (Å²) in [5.41, 5.74) is 0.611. The lowest BCUT2D eigenvalue weighted by molar-refractivity contribution is 0.104. The lowest BCUT2D eigenvalue weighted by Gasteiger charge is -2.05. The Bertz CT molecular complexity index is 915. The molecule has 0 fully saturated rings. The van der Waals surface area contributed by atoms with E-state index in [9.17, 15) is 4.79 Å². The van der Waals surface area contributed by atoms with E-state index in [2.05, 4.69) is 15.9 Å². The van der Waals surface area contributed by atoms with Gasteiger partial charge in [-0.25, -0.2) is 0 Å². The molecule has 0 bridgehead atoms. The molecule has 0 N–H and O–H groups in total. The Hall–Kier alpha value is -2.30. The van der Waals surface area contributed by atoms with E-state index in [0.717, 1.165) is 4.47 Å². The molecular formula is C20H14BrClO3. The molecule has 0 aliphatic rings. The minimum Gasteiger partial charge on any atom is -0.484 e. The first kappa shape index (κ1) is 17.5. The molecule has 0 saturated carbocycles. The van der Waals surface area contributed by atoms with Crippen molar-refractivity contribution in [2.24, 2.45) is 0 Å². The van der Waals surface area contributed by atoms with Gasteiger partial charge >= 0.3 is 0 Å². The highest BCUT2D eigenvalue weighted by Gasteiger charge is 2.05. The van der Waals surface area contributed by atoms with E-state index >= 15 is 0 Å². The maximum atomic E-state index is 12.1. The highest BCUT2D eigenvalue weighted by molar-refractivity contribution is 9.10. The van der Waals surface area contributed by atoms with Crippen LogP contribution in [-0.4, -0.2) is 5.78 Å². The highest BCUT2D eigenvalue weighted by Crippen LogP contribution is 2.24. The van der Waals surface area contributed by atoms with Crippen molar-refractivity contribution in [2.45, 2.75) is 6.61 Å². The normalized spacial score (nSPS) is 11.0. The zero-order chi connectivity index (χ0) is 17.6. The van der Waals surface area contributed by atoms with Gasteiger partial charge in [-0.1, -0.05) is 51.8 Å². The van der Waals surface area contributed by atoms with Gasteiger partial charge in [0.15, 0.2) is 5.78 Å². The summed E-state index contributed by atoms with van der Waals surface area (Å²) in [7, 11) is 0. The van der Waals surface area contributed by atoms with E-state index in [1.54, 1.807) is 42.5 Å². The summed E-state index contributed by atoms with van der Waals surface area (Å²) in [4.78, 5) is 12.1. The third kappa shape index (κ3) is 4.84. The Kier molecular flexibility index (Phi) is 5.74. The number of hydrogen-bond acceptors (Lipinski definition) is 3. The van der Waals surface area contributed by atoms with Crippen LogP contribution < -0.4 is 4.74 Å². The second kappa shape index (κ2) is 8.19. The third-order valence-electron chi connectivity index (χ3n) is 3.40. The maximum absolute atomic E-state index is 12.1. The second-order valence-electron chi connectivity index (χ2n) is 5.23. The van der Waals surface area contributed by atoms with Crippen LogP contribution in [-0.2, 0) is 6.61 Å². The van der Waals surface area contributed by atoms with Gasteiger partial charge in [0.05, 0.1) is 5.02 Å². The first-order valence-electron chi connectivity index (χ1n) is 7.56. The van der Waals surface area contributed by atoms with Crippen LogP contribution >= 0.6 is 27.5 Å². The highest BCUT2D eigenvalue weighted by atomic mass is 79.9. The van der Waals surface area contributed by atoms with Gasteiger partial charge < -0.3 is 9.15 Å². The predicted molar refractivity (Wildman–Crippen MR) is 102 cm³/mol. The number of halogens is 2. The largest absolute Gasteiger partial charge is 0.484 e. The van der Waals surface area contributed by atoms with Crippen molar-refractivity contribution < 1.29 is 13.9 Å². The number of ether oxygens (including phenoxy) is 1. The van der Waals surface area contributed by atoms with Crippen LogP contribution in [0.15, 0.2) is 75.6 Å². The van der Waals surface area contributed by atoms with Crippen molar-refractivity contribution >= 4 is 39.4 Å².